The number of benzene rings is 2. The zero-order chi connectivity index (χ0) is 27.1. The van der Waals surface area contributed by atoms with Gasteiger partial charge in [-0.15, -0.1) is 13.2 Å². The molecule has 0 atom stereocenters. The molecule has 1 amide bonds. The summed E-state index contributed by atoms with van der Waals surface area (Å²) < 4.78 is 49.6. The van der Waals surface area contributed by atoms with Crippen molar-refractivity contribution in [1.82, 2.24) is 0 Å². The van der Waals surface area contributed by atoms with Gasteiger partial charge in [0.15, 0.2) is 0 Å². The maximum atomic E-state index is 13.3. The normalized spacial score (nSPS) is 15.7. The largest absolute Gasteiger partial charge is 0.573 e. The smallest absolute Gasteiger partial charge is 0.457 e. The minimum atomic E-state index is -4.92. The van der Waals surface area contributed by atoms with E-state index in [0.717, 1.165) is 17.2 Å². The first kappa shape index (κ1) is 27.3. The van der Waals surface area contributed by atoms with Crippen molar-refractivity contribution < 1.29 is 32.2 Å². The number of hydrogen-bond acceptors (Lipinski definition) is 4. The maximum absolute atomic E-state index is 13.3. The number of rotatable bonds is 5. The Morgan fingerprint density at radius 1 is 1.11 bits per heavy atom. The number of amides is 1. The number of halogens is 3. The summed E-state index contributed by atoms with van der Waals surface area (Å²) in [6, 6.07) is 8.06. The van der Waals surface area contributed by atoms with Crippen molar-refractivity contribution in [2.24, 2.45) is 0 Å². The van der Waals surface area contributed by atoms with Gasteiger partial charge >= 0.3 is 12.3 Å². The first-order valence-electron chi connectivity index (χ1n) is 11.8. The summed E-state index contributed by atoms with van der Waals surface area (Å²) in [4.78, 5) is 26.4. The predicted octanol–water partition coefficient (Wildman–Crippen LogP) is 6.95. The molecule has 0 unspecified atom stereocenters. The predicted molar refractivity (Wildman–Crippen MR) is 134 cm³/mol. The SMILES string of the molecule is CCN1C(=O)CC(C)(C)c2cc(C)c(-c3ccc(/C=C/C(=O)OC(C)(C)C)cc3OC(F)(F)F)cc21. The Bertz CT molecular complexity index is 1210. The van der Waals surface area contributed by atoms with Crippen LogP contribution < -0.4 is 9.64 Å². The molecule has 0 bridgehead atoms. The number of fused-ring (bicyclic) bond motifs is 1. The van der Waals surface area contributed by atoms with Crippen LogP contribution in [0.1, 0.15) is 64.7 Å². The molecule has 8 heteroatoms. The summed E-state index contributed by atoms with van der Waals surface area (Å²) in [5, 5.41) is 0. The number of ether oxygens (including phenoxy) is 2. The number of alkyl halides is 3. The van der Waals surface area contributed by atoms with E-state index >= 15 is 0 Å². The van der Waals surface area contributed by atoms with Gasteiger partial charge in [0.1, 0.15) is 11.4 Å². The lowest BCUT2D eigenvalue weighted by atomic mass is 9.75. The number of esters is 1. The molecule has 0 aliphatic carbocycles. The maximum Gasteiger partial charge on any atom is 0.573 e. The van der Waals surface area contributed by atoms with Crippen LogP contribution in [0.2, 0.25) is 0 Å². The summed E-state index contributed by atoms with van der Waals surface area (Å²) in [7, 11) is 0. The molecule has 36 heavy (non-hydrogen) atoms. The molecule has 0 saturated heterocycles. The second-order valence-corrected chi connectivity index (χ2v) is 10.6. The highest BCUT2D eigenvalue weighted by molar-refractivity contribution is 5.99. The van der Waals surface area contributed by atoms with Crippen LogP contribution in [0.3, 0.4) is 0 Å². The van der Waals surface area contributed by atoms with Gasteiger partial charge in [0.2, 0.25) is 5.91 Å². The summed E-state index contributed by atoms with van der Waals surface area (Å²) in [5.41, 5.74) is 2.42. The van der Waals surface area contributed by atoms with Gasteiger partial charge in [-0.25, -0.2) is 4.79 Å². The van der Waals surface area contributed by atoms with E-state index in [1.165, 1.54) is 18.2 Å². The third-order valence-electron chi connectivity index (χ3n) is 5.91. The molecule has 0 radical (unpaired) electrons. The van der Waals surface area contributed by atoms with Gasteiger partial charge in [0.05, 0.1) is 0 Å². The molecule has 1 heterocycles. The number of aryl methyl sites for hydroxylation is 1. The molecular weight excluding hydrogens is 471 g/mol. The number of hydrogen-bond donors (Lipinski definition) is 0. The Hall–Kier alpha value is -3.29. The van der Waals surface area contributed by atoms with Gasteiger partial charge in [-0.05, 0) is 75.1 Å². The van der Waals surface area contributed by atoms with E-state index in [1.807, 2.05) is 33.8 Å². The highest BCUT2D eigenvalue weighted by atomic mass is 19.4. The molecular formula is C28H32F3NO4. The molecule has 0 aromatic heterocycles. The van der Waals surface area contributed by atoms with Crippen molar-refractivity contribution in [3.63, 3.8) is 0 Å². The first-order chi connectivity index (χ1) is 16.5. The first-order valence-corrected chi connectivity index (χ1v) is 11.8. The minimum Gasteiger partial charge on any atom is -0.457 e. The molecule has 1 aliphatic rings. The van der Waals surface area contributed by atoms with Crippen molar-refractivity contribution in [1.29, 1.82) is 0 Å². The minimum absolute atomic E-state index is 0.0285. The standard InChI is InChI=1S/C28H32F3NO4/c1-8-32-22-15-20(17(2)13-21(22)27(6,7)16-24(32)33)19-11-9-18(14-23(19)35-28(29,30)31)10-12-25(34)36-26(3,4)5/h9-15H,8,16H2,1-7H3/b12-10+. The van der Waals surface area contributed by atoms with Crippen molar-refractivity contribution >= 4 is 23.6 Å². The van der Waals surface area contributed by atoms with Gasteiger partial charge in [-0.1, -0.05) is 32.0 Å². The van der Waals surface area contributed by atoms with E-state index in [0.29, 0.717) is 29.8 Å². The van der Waals surface area contributed by atoms with E-state index in [1.54, 1.807) is 37.8 Å². The van der Waals surface area contributed by atoms with E-state index in [4.69, 9.17) is 4.74 Å². The molecule has 0 saturated carbocycles. The Kier molecular flexibility index (Phi) is 7.31. The fourth-order valence-electron chi connectivity index (χ4n) is 4.38. The lowest BCUT2D eigenvalue weighted by Gasteiger charge is -2.39. The third-order valence-corrected chi connectivity index (χ3v) is 5.91. The van der Waals surface area contributed by atoms with Gasteiger partial charge in [-0.2, -0.15) is 0 Å². The zero-order valence-electron chi connectivity index (χ0n) is 21.7. The van der Waals surface area contributed by atoms with E-state index < -0.39 is 29.1 Å². The monoisotopic (exact) mass is 503 g/mol. The summed E-state index contributed by atoms with van der Waals surface area (Å²) >= 11 is 0. The molecule has 2 aromatic rings. The van der Waals surface area contributed by atoms with Crippen molar-refractivity contribution in [3.05, 3.63) is 53.1 Å². The summed E-state index contributed by atoms with van der Waals surface area (Å²) in [5.74, 6) is -1.04. The molecule has 1 aliphatic heterocycles. The van der Waals surface area contributed by atoms with E-state index in [9.17, 15) is 22.8 Å². The Labute approximate surface area is 209 Å². The lowest BCUT2D eigenvalue weighted by molar-refractivity contribution is -0.274. The molecule has 0 N–H and O–H groups in total. The van der Waals surface area contributed by atoms with Crippen LogP contribution in [-0.2, 0) is 19.7 Å². The van der Waals surface area contributed by atoms with Gasteiger partial charge < -0.3 is 14.4 Å². The van der Waals surface area contributed by atoms with E-state index in [2.05, 4.69) is 4.74 Å². The molecule has 0 spiro atoms. The number of carbonyl (C=O) groups is 2. The van der Waals surface area contributed by atoms with Crippen LogP contribution in [0.25, 0.3) is 17.2 Å². The van der Waals surface area contributed by atoms with Crippen LogP contribution in [0.4, 0.5) is 18.9 Å². The van der Waals surface area contributed by atoms with Gasteiger partial charge in [0.25, 0.3) is 0 Å². The summed E-state index contributed by atoms with van der Waals surface area (Å²) in [6.07, 6.45) is -2.03. The average molecular weight is 504 g/mol. The topological polar surface area (TPSA) is 55.8 Å². The number of carbonyl (C=O) groups excluding carboxylic acids is 2. The van der Waals surface area contributed by atoms with E-state index in [-0.39, 0.29) is 11.5 Å². The van der Waals surface area contributed by atoms with Crippen LogP contribution in [0, 0.1) is 6.92 Å². The molecule has 5 nitrogen and oxygen atoms in total. The molecule has 3 rings (SSSR count). The summed E-state index contributed by atoms with van der Waals surface area (Å²) in [6.45, 7) is 13.3. The fraction of sp³-hybridized carbons (Fsp3) is 0.429. The molecule has 0 fully saturated rings. The Balaban J connectivity index is 2.11. The van der Waals surface area contributed by atoms with Crippen molar-refractivity contribution in [3.8, 4) is 16.9 Å². The zero-order valence-corrected chi connectivity index (χ0v) is 21.7. The van der Waals surface area contributed by atoms with Crippen LogP contribution >= 0.6 is 0 Å². The Morgan fingerprint density at radius 2 is 1.78 bits per heavy atom. The molecule has 2 aromatic carbocycles. The second-order valence-electron chi connectivity index (χ2n) is 10.6. The van der Waals surface area contributed by atoms with Crippen molar-refractivity contribution in [2.45, 2.75) is 72.3 Å². The third kappa shape index (κ3) is 6.28. The molecule has 194 valence electrons. The lowest BCUT2D eigenvalue weighted by Crippen LogP contribution is -2.41. The van der Waals surface area contributed by atoms with Crippen molar-refractivity contribution in [2.75, 3.05) is 11.4 Å². The van der Waals surface area contributed by atoms with Gasteiger partial charge in [-0.3, -0.25) is 4.79 Å². The van der Waals surface area contributed by atoms with Crippen LogP contribution in [0.15, 0.2) is 36.4 Å². The van der Waals surface area contributed by atoms with Crippen LogP contribution in [-0.4, -0.2) is 30.4 Å². The van der Waals surface area contributed by atoms with Crippen LogP contribution in [0.5, 0.6) is 5.75 Å². The highest BCUT2D eigenvalue weighted by Crippen LogP contribution is 2.45. The highest BCUT2D eigenvalue weighted by Gasteiger charge is 2.37. The Morgan fingerprint density at radius 3 is 2.36 bits per heavy atom. The number of nitrogens with zero attached hydrogens (tertiary/aromatic N) is 1. The second kappa shape index (κ2) is 9.64. The fourth-order valence-corrected chi connectivity index (χ4v) is 4.38. The van der Waals surface area contributed by atoms with Gasteiger partial charge in [0, 0.05) is 35.7 Å². The quantitative estimate of drug-likeness (QED) is 0.327. The number of anilines is 1. The average Bonchev–Trinajstić information content (AvgIpc) is 2.70.